The second kappa shape index (κ2) is 5.72. The Morgan fingerprint density at radius 1 is 1.00 bits per heavy atom. The van der Waals surface area contributed by atoms with Crippen molar-refractivity contribution >= 4 is 41.1 Å². The average Bonchev–Trinajstić information content (AvgIpc) is 2.80. The molecule has 3 nitrogen and oxygen atoms in total. The van der Waals surface area contributed by atoms with Crippen LogP contribution in [-0.4, -0.2) is 11.9 Å². The van der Waals surface area contributed by atoms with Crippen LogP contribution in [0.25, 0.3) is 6.08 Å². The highest BCUT2D eigenvalue weighted by atomic mass is 35.5. The first-order chi connectivity index (χ1) is 10.1. The summed E-state index contributed by atoms with van der Waals surface area (Å²) in [6.07, 6.45) is 1.63. The summed E-state index contributed by atoms with van der Waals surface area (Å²) in [7, 11) is 0. The second-order valence-electron chi connectivity index (χ2n) is 4.40. The monoisotopic (exact) mass is 317 g/mol. The Morgan fingerprint density at radius 3 is 2.43 bits per heavy atom. The lowest BCUT2D eigenvalue weighted by atomic mass is 10.2. The van der Waals surface area contributed by atoms with E-state index in [1.165, 1.54) is 0 Å². The zero-order valence-electron chi connectivity index (χ0n) is 10.7. The van der Waals surface area contributed by atoms with Gasteiger partial charge in [0, 0.05) is 15.6 Å². The molecule has 2 aromatic carbocycles. The molecule has 0 unspecified atom stereocenters. The molecule has 1 aliphatic rings. The van der Waals surface area contributed by atoms with E-state index in [4.69, 9.17) is 27.9 Å². The molecule has 0 aromatic heterocycles. The van der Waals surface area contributed by atoms with Gasteiger partial charge >= 0.3 is 5.97 Å². The number of hydrogen-bond acceptors (Lipinski definition) is 3. The summed E-state index contributed by atoms with van der Waals surface area (Å²) in [5.41, 5.74) is 1.67. The van der Waals surface area contributed by atoms with E-state index in [0.717, 1.165) is 5.56 Å². The number of aliphatic imine (C=N–C) groups is 1. The first-order valence-corrected chi connectivity index (χ1v) is 6.91. The fourth-order valence-corrected chi connectivity index (χ4v) is 2.30. The van der Waals surface area contributed by atoms with E-state index >= 15 is 0 Å². The zero-order valence-corrected chi connectivity index (χ0v) is 12.2. The minimum Gasteiger partial charge on any atom is -0.402 e. The third-order valence-corrected chi connectivity index (χ3v) is 3.31. The van der Waals surface area contributed by atoms with E-state index in [9.17, 15) is 4.79 Å². The maximum absolute atomic E-state index is 11.9. The van der Waals surface area contributed by atoms with Crippen molar-refractivity contribution in [3.05, 3.63) is 75.4 Å². The molecule has 1 aliphatic heterocycles. The van der Waals surface area contributed by atoms with Crippen LogP contribution in [0.1, 0.15) is 11.1 Å². The van der Waals surface area contributed by atoms with Crippen molar-refractivity contribution in [1.82, 2.24) is 0 Å². The van der Waals surface area contributed by atoms with Crippen molar-refractivity contribution < 1.29 is 9.53 Å². The Labute approximate surface area is 131 Å². The van der Waals surface area contributed by atoms with Crippen molar-refractivity contribution in [3.63, 3.8) is 0 Å². The van der Waals surface area contributed by atoms with Gasteiger partial charge in [0.1, 0.15) is 0 Å². The predicted molar refractivity (Wildman–Crippen MR) is 83.5 cm³/mol. The lowest BCUT2D eigenvalue weighted by molar-refractivity contribution is -0.129. The van der Waals surface area contributed by atoms with Crippen molar-refractivity contribution in [1.29, 1.82) is 0 Å². The van der Waals surface area contributed by atoms with Crippen LogP contribution in [0, 0.1) is 0 Å². The largest absolute Gasteiger partial charge is 0.402 e. The fraction of sp³-hybridized carbons (Fsp3) is 0. The van der Waals surface area contributed by atoms with Crippen molar-refractivity contribution in [2.45, 2.75) is 0 Å². The third-order valence-electron chi connectivity index (χ3n) is 2.84. The van der Waals surface area contributed by atoms with Gasteiger partial charge in [-0.3, -0.25) is 0 Å². The highest BCUT2D eigenvalue weighted by Crippen LogP contribution is 2.21. The number of halogens is 2. The molecule has 1 heterocycles. The zero-order chi connectivity index (χ0) is 14.8. The standard InChI is InChI=1S/C16H9Cl2NO2/c17-12-5-1-3-10(7-12)8-14-16(20)21-15(19-14)11-4-2-6-13(18)9-11/h1-9H/b14-8-. The molecule has 0 radical (unpaired) electrons. The number of ether oxygens (including phenoxy) is 1. The number of cyclic esters (lactones) is 1. The Bertz CT molecular complexity index is 781. The van der Waals surface area contributed by atoms with Crippen LogP contribution in [0.5, 0.6) is 0 Å². The van der Waals surface area contributed by atoms with Crippen molar-refractivity contribution in [2.24, 2.45) is 4.99 Å². The van der Waals surface area contributed by atoms with Gasteiger partial charge in [0.25, 0.3) is 0 Å². The Hall–Kier alpha value is -2.10. The number of carbonyl (C=O) groups is 1. The molecular formula is C16H9Cl2NO2. The van der Waals surface area contributed by atoms with Crippen LogP contribution in [0.2, 0.25) is 10.0 Å². The van der Waals surface area contributed by atoms with Gasteiger partial charge in [0.2, 0.25) is 5.90 Å². The Balaban J connectivity index is 1.95. The van der Waals surface area contributed by atoms with Gasteiger partial charge in [0.15, 0.2) is 5.70 Å². The van der Waals surface area contributed by atoms with Crippen LogP contribution in [0.4, 0.5) is 0 Å². The van der Waals surface area contributed by atoms with Gasteiger partial charge in [-0.1, -0.05) is 41.4 Å². The summed E-state index contributed by atoms with van der Waals surface area (Å²) in [5.74, 6) is -0.249. The minimum absolute atomic E-state index is 0.229. The molecule has 3 rings (SSSR count). The van der Waals surface area contributed by atoms with Crippen LogP contribution < -0.4 is 0 Å². The van der Waals surface area contributed by atoms with Gasteiger partial charge < -0.3 is 4.74 Å². The molecule has 104 valence electrons. The van der Waals surface area contributed by atoms with E-state index in [0.29, 0.717) is 15.6 Å². The summed E-state index contributed by atoms with van der Waals surface area (Å²) in [5, 5.41) is 1.15. The van der Waals surface area contributed by atoms with Gasteiger partial charge in [-0.05, 0) is 42.0 Å². The number of carbonyl (C=O) groups excluding carboxylic acids is 1. The Kier molecular flexibility index (Phi) is 3.78. The molecule has 0 spiro atoms. The van der Waals surface area contributed by atoms with Crippen molar-refractivity contribution in [3.8, 4) is 0 Å². The van der Waals surface area contributed by atoms with E-state index in [1.54, 1.807) is 48.5 Å². The molecule has 0 saturated heterocycles. The summed E-state index contributed by atoms with van der Waals surface area (Å²) in [6.45, 7) is 0. The normalized spacial score (nSPS) is 16.0. The van der Waals surface area contributed by atoms with Crippen LogP contribution >= 0.6 is 23.2 Å². The molecule has 0 bridgehead atoms. The van der Waals surface area contributed by atoms with Crippen LogP contribution in [-0.2, 0) is 9.53 Å². The third kappa shape index (κ3) is 3.15. The molecule has 0 amide bonds. The minimum atomic E-state index is -0.495. The van der Waals surface area contributed by atoms with E-state index in [1.807, 2.05) is 6.07 Å². The predicted octanol–water partition coefficient (Wildman–Crippen LogP) is 4.34. The summed E-state index contributed by atoms with van der Waals surface area (Å²) >= 11 is 11.8. The van der Waals surface area contributed by atoms with Crippen molar-refractivity contribution in [2.75, 3.05) is 0 Å². The molecule has 0 fully saturated rings. The second-order valence-corrected chi connectivity index (χ2v) is 5.27. The summed E-state index contributed by atoms with van der Waals surface area (Å²) < 4.78 is 5.17. The topological polar surface area (TPSA) is 38.7 Å². The van der Waals surface area contributed by atoms with Gasteiger partial charge in [0.05, 0.1) is 0 Å². The molecule has 0 saturated carbocycles. The maximum Gasteiger partial charge on any atom is 0.363 e. The van der Waals surface area contributed by atoms with Gasteiger partial charge in [-0.25, -0.2) is 9.79 Å². The number of hydrogen-bond donors (Lipinski definition) is 0. The van der Waals surface area contributed by atoms with Gasteiger partial charge in [-0.2, -0.15) is 0 Å². The first kappa shape index (κ1) is 13.9. The number of benzene rings is 2. The van der Waals surface area contributed by atoms with Crippen LogP contribution in [0.3, 0.4) is 0 Å². The average molecular weight is 318 g/mol. The summed E-state index contributed by atoms with van der Waals surface area (Å²) in [4.78, 5) is 16.1. The molecule has 0 aliphatic carbocycles. The number of rotatable bonds is 2. The lowest BCUT2D eigenvalue weighted by Gasteiger charge is -1.98. The molecule has 0 N–H and O–H groups in total. The number of esters is 1. The lowest BCUT2D eigenvalue weighted by Crippen LogP contribution is -2.05. The molecule has 21 heavy (non-hydrogen) atoms. The SMILES string of the molecule is O=C1OC(c2cccc(Cl)c2)=N/C1=C\c1cccc(Cl)c1. The van der Waals surface area contributed by atoms with Crippen LogP contribution in [0.15, 0.2) is 59.2 Å². The maximum atomic E-state index is 11.9. The molecule has 2 aromatic rings. The summed E-state index contributed by atoms with van der Waals surface area (Å²) in [6, 6.07) is 14.1. The molecular weight excluding hydrogens is 309 g/mol. The molecule has 5 heteroatoms. The Morgan fingerprint density at radius 2 is 1.71 bits per heavy atom. The highest BCUT2D eigenvalue weighted by Gasteiger charge is 2.24. The van der Waals surface area contributed by atoms with E-state index < -0.39 is 5.97 Å². The molecule has 0 atom stereocenters. The highest BCUT2D eigenvalue weighted by molar-refractivity contribution is 6.31. The van der Waals surface area contributed by atoms with E-state index in [-0.39, 0.29) is 11.6 Å². The first-order valence-electron chi connectivity index (χ1n) is 6.16. The smallest absolute Gasteiger partial charge is 0.363 e. The van der Waals surface area contributed by atoms with Gasteiger partial charge in [-0.15, -0.1) is 0 Å². The fourth-order valence-electron chi connectivity index (χ4n) is 1.91. The van der Waals surface area contributed by atoms with E-state index in [2.05, 4.69) is 4.99 Å². The quantitative estimate of drug-likeness (QED) is 0.610. The number of nitrogens with zero attached hydrogens (tertiary/aromatic N) is 1.